The van der Waals surface area contributed by atoms with Gasteiger partial charge in [0.25, 0.3) is 0 Å². The predicted molar refractivity (Wildman–Crippen MR) is 176 cm³/mol. The molecule has 192 valence electrons. The first-order valence-corrected chi connectivity index (χ1v) is 14.5. The van der Waals surface area contributed by atoms with Crippen molar-refractivity contribution in [2.24, 2.45) is 0 Å². The lowest BCUT2D eigenvalue weighted by Gasteiger charge is -2.35. The Morgan fingerprint density at radius 1 is 0.366 bits per heavy atom. The molecule has 9 rings (SSSR count). The van der Waals surface area contributed by atoms with Crippen LogP contribution >= 0.6 is 0 Å². The highest BCUT2D eigenvalue weighted by atomic mass is 14.4. The molecule has 0 bridgehead atoms. The van der Waals surface area contributed by atoms with E-state index in [1.165, 1.54) is 87.6 Å². The van der Waals surface area contributed by atoms with Crippen molar-refractivity contribution in [1.82, 2.24) is 0 Å². The first kappa shape index (κ1) is 22.8. The third kappa shape index (κ3) is 3.05. The Kier molecular flexibility index (Phi) is 4.49. The van der Waals surface area contributed by atoms with Gasteiger partial charge in [-0.05, 0) is 93.7 Å². The minimum absolute atomic E-state index is 0.0573. The molecule has 0 atom stereocenters. The van der Waals surface area contributed by atoms with E-state index in [-0.39, 0.29) is 5.41 Å². The summed E-state index contributed by atoms with van der Waals surface area (Å²) in [6.07, 6.45) is 0. The second kappa shape index (κ2) is 8.05. The lowest BCUT2D eigenvalue weighted by molar-refractivity contribution is 0.645. The van der Waals surface area contributed by atoms with E-state index in [9.17, 15) is 0 Å². The molecule has 0 heterocycles. The molecule has 0 unspecified atom stereocenters. The summed E-state index contributed by atoms with van der Waals surface area (Å²) in [6.45, 7) is 4.74. The molecule has 0 aromatic heterocycles. The monoisotopic (exact) mass is 520 g/mol. The van der Waals surface area contributed by atoms with Crippen molar-refractivity contribution in [3.05, 3.63) is 145 Å². The topological polar surface area (TPSA) is 0 Å². The zero-order chi connectivity index (χ0) is 27.3. The molecule has 41 heavy (non-hydrogen) atoms. The lowest BCUT2D eigenvalue weighted by Crippen LogP contribution is -2.23. The highest BCUT2D eigenvalue weighted by Gasteiger charge is 2.33. The second-order valence-corrected chi connectivity index (χ2v) is 12.1. The summed E-state index contributed by atoms with van der Waals surface area (Å²) in [6, 6.07) is 49.9. The third-order valence-electron chi connectivity index (χ3n) is 9.62. The first-order chi connectivity index (χ1) is 20.1. The van der Waals surface area contributed by atoms with Gasteiger partial charge in [-0.1, -0.05) is 141 Å². The van der Waals surface area contributed by atoms with Crippen LogP contribution in [0.2, 0.25) is 0 Å². The average molecular weight is 521 g/mol. The van der Waals surface area contributed by atoms with Crippen LogP contribution < -0.4 is 0 Å². The SMILES string of the molecule is CC1(C)c2ccc(-c3ccc4ccc5c(-c6ccccc6)ccc6ccc3c4c65)cc2-c2cccc3cccc1c23. The highest BCUT2D eigenvalue weighted by Crippen LogP contribution is 2.50. The van der Waals surface area contributed by atoms with Gasteiger partial charge in [-0.25, -0.2) is 0 Å². The number of fused-ring (bicyclic) bond motifs is 2. The summed E-state index contributed by atoms with van der Waals surface area (Å²) in [4.78, 5) is 0. The van der Waals surface area contributed by atoms with E-state index in [2.05, 4.69) is 147 Å². The molecule has 8 aromatic carbocycles. The molecule has 0 aliphatic heterocycles. The van der Waals surface area contributed by atoms with Crippen molar-refractivity contribution in [1.29, 1.82) is 0 Å². The maximum Gasteiger partial charge on any atom is 0.0159 e. The standard InChI is InChI=1S/C41H28/c1-41(2)36-23-18-29(24-35(36)32-12-6-10-26-11-7-13-37(41)38(26)32)31-20-15-28-16-21-33-30(25-8-4-3-5-9-25)19-14-27-17-22-34(31)40(28)39(27)33/h3-24H,1-2H3. The summed E-state index contributed by atoms with van der Waals surface area (Å²) in [5.74, 6) is 0. The van der Waals surface area contributed by atoms with Crippen LogP contribution in [0.5, 0.6) is 0 Å². The number of rotatable bonds is 2. The molecule has 8 aromatic rings. The molecule has 0 radical (unpaired) electrons. The first-order valence-electron chi connectivity index (χ1n) is 14.5. The van der Waals surface area contributed by atoms with E-state index in [0.29, 0.717) is 0 Å². The lowest BCUT2D eigenvalue weighted by atomic mass is 9.68. The Morgan fingerprint density at radius 3 is 1.68 bits per heavy atom. The van der Waals surface area contributed by atoms with Gasteiger partial charge in [0.2, 0.25) is 0 Å². The molecule has 0 saturated carbocycles. The van der Waals surface area contributed by atoms with Gasteiger partial charge in [0, 0.05) is 5.41 Å². The van der Waals surface area contributed by atoms with Gasteiger partial charge in [0.05, 0.1) is 0 Å². The summed E-state index contributed by atoms with van der Waals surface area (Å²) < 4.78 is 0. The predicted octanol–water partition coefficient (Wildman–Crippen LogP) is 11.4. The molecule has 0 spiro atoms. The van der Waals surface area contributed by atoms with E-state index in [1.807, 2.05) is 0 Å². The van der Waals surface area contributed by atoms with Crippen LogP contribution in [0.15, 0.2) is 133 Å². The van der Waals surface area contributed by atoms with E-state index < -0.39 is 0 Å². The Morgan fingerprint density at radius 2 is 0.976 bits per heavy atom. The van der Waals surface area contributed by atoms with Crippen LogP contribution in [0.25, 0.3) is 76.5 Å². The van der Waals surface area contributed by atoms with Gasteiger partial charge in [-0.2, -0.15) is 0 Å². The van der Waals surface area contributed by atoms with E-state index in [1.54, 1.807) is 0 Å². The Labute approximate surface area is 239 Å². The third-order valence-corrected chi connectivity index (χ3v) is 9.62. The molecule has 0 saturated heterocycles. The van der Waals surface area contributed by atoms with Gasteiger partial charge in [0.15, 0.2) is 0 Å². The smallest absolute Gasteiger partial charge is 0.0159 e. The molecule has 0 amide bonds. The van der Waals surface area contributed by atoms with Crippen LogP contribution in [-0.2, 0) is 5.41 Å². The fraction of sp³-hybridized carbons (Fsp3) is 0.0732. The minimum atomic E-state index is -0.0573. The van der Waals surface area contributed by atoms with E-state index in [4.69, 9.17) is 0 Å². The Hall–Kier alpha value is -4.94. The fourth-order valence-corrected chi connectivity index (χ4v) is 7.63. The quantitative estimate of drug-likeness (QED) is 0.199. The Balaban J connectivity index is 1.32. The molecule has 1 aliphatic carbocycles. The number of hydrogen-bond donors (Lipinski definition) is 0. The van der Waals surface area contributed by atoms with Crippen LogP contribution in [0, 0.1) is 0 Å². The van der Waals surface area contributed by atoms with Crippen molar-refractivity contribution in [2.75, 3.05) is 0 Å². The van der Waals surface area contributed by atoms with Gasteiger partial charge in [-0.15, -0.1) is 0 Å². The molecule has 0 nitrogen and oxygen atoms in total. The van der Waals surface area contributed by atoms with Crippen molar-refractivity contribution in [2.45, 2.75) is 19.3 Å². The van der Waals surface area contributed by atoms with E-state index >= 15 is 0 Å². The molecule has 0 fully saturated rings. The fourth-order valence-electron chi connectivity index (χ4n) is 7.63. The summed E-state index contributed by atoms with van der Waals surface area (Å²) >= 11 is 0. The summed E-state index contributed by atoms with van der Waals surface area (Å²) in [7, 11) is 0. The normalized spacial score (nSPS) is 13.8. The molecule has 1 aliphatic rings. The molecular weight excluding hydrogens is 492 g/mol. The van der Waals surface area contributed by atoms with Crippen molar-refractivity contribution >= 4 is 43.1 Å². The minimum Gasteiger partial charge on any atom is -0.0622 e. The maximum absolute atomic E-state index is 2.45. The van der Waals surface area contributed by atoms with Gasteiger partial charge >= 0.3 is 0 Å². The largest absolute Gasteiger partial charge is 0.0622 e. The zero-order valence-electron chi connectivity index (χ0n) is 23.2. The zero-order valence-corrected chi connectivity index (χ0v) is 23.2. The van der Waals surface area contributed by atoms with Gasteiger partial charge in [-0.3, -0.25) is 0 Å². The molecule has 0 heteroatoms. The number of hydrogen-bond acceptors (Lipinski definition) is 0. The Bertz CT molecular complexity index is 2310. The molecule has 0 N–H and O–H groups in total. The van der Waals surface area contributed by atoms with Crippen LogP contribution in [0.3, 0.4) is 0 Å². The van der Waals surface area contributed by atoms with Crippen molar-refractivity contribution in [3.63, 3.8) is 0 Å². The van der Waals surface area contributed by atoms with Crippen molar-refractivity contribution < 1.29 is 0 Å². The van der Waals surface area contributed by atoms with Crippen LogP contribution in [0.1, 0.15) is 25.0 Å². The van der Waals surface area contributed by atoms with Crippen LogP contribution in [-0.4, -0.2) is 0 Å². The van der Waals surface area contributed by atoms with Crippen molar-refractivity contribution in [3.8, 4) is 33.4 Å². The van der Waals surface area contributed by atoms with Gasteiger partial charge in [0.1, 0.15) is 0 Å². The summed E-state index contributed by atoms with van der Waals surface area (Å²) in [5.41, 5.74) is 10.6. The van der Waals surface area contributed by atoms with E-state index in [0.717, 1.165) is 0 Å². The number of benzene rings is 8. The van der Waals surface area contributed by atoms with Crippen LogP contribution in [0.4, 0.5) is 0 Å². The maximum atomic E-state index is 2.45. The second-order valence-electron chi connectivity index (χ2n) is 12.1. The molecular formula is C41H28. The highest BCUT2D eigenvalue weighted by molar-refractivity contribution is 6.27. The summed E-state index contributed by atoms with van der Waals surface area (Å²) in [5, 5.41) is 10.7. The van der Waals surface area contributed by atoms with Gasteiger partial charge < -0.3 is 0 Å². The average Bonchev–Trinajstić information content (AvgIpc) is 3.02.